The lowest BCUT2D eigenvalue weighted by Gasteiger charge is -2.21. The largest absolute Gasteiger partial charge is 0.497 e. The molecule has 1 aliphatic heterocycles. The molecule has 0 unspecified atom stereocenters. The van der Waals surface area contributed by atoms with Crippen LogP contribution in [0.25, 0.3) is 0 Å². The summed E-state index contributed by atoms with van der Waals surface area (Å²) in [6.07, 6.45) is 3.28. The summed E-state index contributed by atoms with van der Waals surface area (Å²) in [5.41, 5.74) is 0.570. The topological polar surface area (TPSA) is 94.2 Å². The molecule has 1 saturated carbocycles. The van der Waals surface area contributed by atoms with E-state index in [1.54, 1.807) is 32.2 Å². The summed E-state index contributed by atoms with van der Waals surface area (Å²) in [7, 11) is 3.06. The van der Waals surface area contributed by atoms with Crippen LogP contribution in [0.3, 0.4) is 0 Å². The standard InChI is InChI=1S/C21H28N2O6/c1-13(20(25)22-15-6-4-5-7-15)29-21(26)14-10-19(24)23(12-14)17-9-8-16(27-2)11-18(17)28-3/h8-9,11,13-15H,4-7,10,12H2,1-3H3,(H,22,25)/t13-,14-/m1/s1. The molecular weight excluding hydrogens is 376 g/mol. The fourth-order valence-electron chi connectivity index (χ4n) is 3.82. The Bertz CT molecular complexity index is 774. The van der Waals surface area contributed by atoms with Crippen LogP contribution in [-0.4, -0.2) is 50.7 Å². The van der Waals surface area contributed by atoms with E-state index in [1.165, 1.54) is 12.0 Å². The van der Waals surface area contributed by atoms with Crippen molar-refractivity contribution in [1.29, 1.82) is 0 Å². The highest BCUT2D eigenvalue weighted by Crippen LogP contribution is 2.36. The molecular formula is C21H28N2O6. The van der Waals surface area contributed by atoms with E-state index >= 15 is 0 Å². The number of hydrogen-bond donors (Lipinski definition) is 1. The molecule has 8 heteroatoms. The quantitative estimate of drug-likeness (QED) is 0.699. The maximum absolute atomic E-state index is 12.5. The number of ether oxygens (including phenoxy) is 3. The van der Waals surface area contributed by atoms with E-state index in [4.69, 9.17) is 14.2 Å². The second-order valence-electron chi connectivity index (χ2n) is 7.51. The molecule has 1 N–H and O–H groups in total. The van der Waals surface area contributed by atoms with Crippen molar-refractivity contribution >= 4 is 23.5 Å². The predicted octanol–water partition coefficient (Wildman–Crippen LogP) is 2.05. The summed E-state index contributed by atoms with van der Waals surface area (Å²) in [5.74, 6) is -0.563. The highest BCUT2D eigenvalue weighted by molar-refractivity contribution is 6.01. The van der Waals surface area contributed by atoms with E-state index in [9.17, 15) is 14.4 Å². The van der Waals surface area contributed by atoms with Gasteiger partial charge in [0.25, 0.3) is 5.91 Å². The van der Waals surface area contributed by atoms with Gasteiger partial charge in [0.1, 0.15) is 11.5 Å². The summed E-state index contributed by atoms with van der Waals surface area (Å²) >= 11 is 0. The Morgan fingerprint density at radius 3 is 2.55 bits per heavy atom. The van der Waals surface area contributed by atoms with Gasteiger partial charge in [-0.05, 0) is 31.9 Å². The molecule has 1 aliphatic carbocycles. The number of carbonyl (C=O) groups excluding carboxylic acids is 3. The van der Waals surface area contributed by atoms with Crippen LogP contribution in [-0.2, 0) is 19.1 Å². The normalized spacial score (nSPS) is 20.4. The molecule has 3 rings (SSSR count). The molecule has 158 valence electrons. The van der Waals surface area contributed by atoms with Gasteiger partial charge >= 0.3 is 5.97 Å². The third-order valence-corrected chi connectivity index (χ3v) is 5.50. The molecule has 0 bridgehead atoms. The number of anilines is 1. The van der Waals surface area contributed by atoms with Crippen LogP contribution in [0, 0.1) is 5.92 Å². The van der Waals surface area contributed by atoms with Crippen molar-refractivity contribution in [2.45, 2.75) is 51.2 Å². The lowest BCUT2D eigenvalue weighted by molar-refractivity contribution is -0.158. The van der Waals surface area contributed by atoms with Crippen molar-refractivity contribution in [3.05, 3.63) is 18.2 Å². The number of benzene rings is 1. The number of rotatable bonds is 7. The van der Waals surface area contributed by atoms with Crippen molar-refractivity contribution < 1.29 is 28.6 Å². The highest BCUT2D eigenvalue weighted by Gasteiger charge is 2.38. The van der Waals surface area contributed by atoms with E-state index in [2.05, 4.69) is 5.32 Å². The van der Waals surface area contributed by atoms with Gasteiger partial charge in [-0.1, -0.05) is 12.8 Å². The molecule has 29 heavy (non-hydrogen) atoms. The summed E-state index contributed by atoms with van der Waals surface area (Å²) in [6.45, 7) is 1.74. The lowest BCUT2D eigenvalue weighted by atomic mass is 10.1. The SMILES string of the molecule is COc1ccc(N2C[C@H](C(=O)O[C@H](C)C(=O)NC3CCCC3)CC2=O)c(OC)c1. The van der Waals surface area contributed by atoms with Gasteiger partial charge in [0, 0.05) is 25.1 Å². The van der Waals surface area contributed by atoms with Crippen LogP contribution in [0.5, 0.6) is 11.5 Å². The fourth-order valence-corrected chi connectivity index (χ4v) is 3.82. The number of amides is 2. The first-order valence-corrected chi connectivity index (χ1v) is 9.96. The predicted molar refractivity (Wildman–Crippen MR) is 106 cm³/mol. The summed E-state index contributed by atoms with van der Waals surface area (Å²) in [4.78, 5) is 38.8. The zero-order valence-corrected chi connectivity index (χ0v) is 17.1. The summed E-state index contributed by atoms with van der Waals surface area (Å²) < 4.78 is 15.9. The first-order valence-electron chi connectivity index (χ1n) is 9.96. The monoisotopic (exact) mass is 404 g/mol. The zero-order chi connectivity index (χ0) is 21.0. The third kappa shape index (κ3) is 4.81. The molecule has 2 fully saturated rings. The van der Waals surface area contributed by atoms with Crippen LogP contribution >= 0.6 is 0 Å². The molecule has 1 aromatic carbocycles. The Kier molecular flexibility index (Phi) is 6.61. The maximum atomic E-state index is 12.5. The van der Waals surface area contributed by atoms with E-state index in [-0.39, 0.29) is 30.8 Å². The van der Waals surface area contributed by atoms with E-state index in [0.29, 0.717) is 17.2 Å². The van der Waals surface area contributed by atoms with Gasteiger partial charge in [0.05, 0.1) is 25.8 Å². The minimum Gasteiger partial charge on any atom is -0.497 e. The zero-order valence-electron chi connectivity index (χ0n) is 17.1. The third-order valence-electron chi connectivity index (χ3n) is 5.50. The van der Waals surface area contributed by atoms with E-state index < -0.39 is 18.0 Å². The average molecular weight is 404 g/mol. The van der Waals surface area contributed by atoms with Crippen molar-refractivity contribution in [1.82, 2.24) is 5.32 Å². The Morgan fingerprint density at radius 1 is 1.17 bits per heavy atom. The first-order chi connectivity index (χ1) is 13.9. The van der Waals surface area contributed by atoms with E-state index in [0.717, 1.165) is 25.7 Å². The van der Waals surface area contributed by atoms with Gasteiger partial charge in [-0.25, -0.2) is 0 Å². The Hall–Kier alpha value is -2.77. The van der Waals surface area contributed by atoms with Crippen LogP contribution < -0.4 is 19.7 Å². The molecule has 0 aromatic heterocycles. The van der Waals surface area contributed by atoms with Crippen LogP contribution in [0.4, 0.5) is 5.69 Å². The molecule has 2 aliphatic rings. The molecule has 0 spiro atoms. The van der Waals surface area contributed by atoms with Gasteiger partial charge in [0.15, 0.2) is 6.10 Å². The van der Waals surface area contributed by atoms with Crippen molar-refractivity contribution in [2.75, 3.05) is 25.7 Å². The second-order valence-corrected chi connectivity index (χ2v) is 7.51. The van der Waals surface area contributed by atoms with Gasteiger partial charge < -0.3 is 24.4 Å². The van der Waals surface area contributed by atoms with Crippen molar-refractivity contribution in [3.8, 4) is 11.5 Å². The van der Waals surface area contributed by atoms with Gasteiger partial charge in [-0.15, -0.1) is 0 Å². The highest BCUT2D eigenvalue weighted by atomic mass is 16.5. The molecule has 1 aromatic rings. The van der Waals surface area contributed by atoms with Crippen LogP contribution in [0.15, 0.2) is 18.2 Å². The van der Waals surface area contributed by atoms with Gasteiger partial charge in [-0.2, -0.15) is 0 Å². The molecule has 1 saturated heterocycles. The van der Waals surface area contributed by atoms with Crippen LogP contribution in [0.1, 0.15) is 39.0 Å². The molecule has 2 atom stereocenters. The number of hydrogen-bond acceptors (Lipinski definition) is 6. The van der Waals surface area contributed by atoms with Crippen molar-refractivity contribution in [2.24, 2.45) is 5.92 Å². The second kappa shape index (κ2) is 9.15. The number of nitrogens with zero attached hydrogens (tertiary/aromatic N) is 1. The average Bonchev–Trinajstić information content (AvgIpc) is 3.36. The minimum atomic E-state index is -0.886. The maximum Gasteiger partial charge on any atom is 0.312 e. The Morgan fingerprint density at radius 2 is 1.90 bits per heavy atom. The van der Waals surface area contributed by atoms with Gasteiger partial charge in [-0.3, -0.25) is 14.4 Å². The fraction of sp³-hybridized carbons (Fsp3) is 0.571. The number of esters is 1. The summed E-state index contributed by atoms with van der Waals surface area (Å²) in [6, 6.07) is 5.30. The van der Waals surface area contributed by atoms with Crippen molar-refractivity contribution in [3.63, 3.8) is 0 Å². The van der Waals surface area contributed by atoms with Gasteiger partial charge in [0.2, 0.25) is 5.91 Å². The number of carbonyl (C=O) groups is 3. The molecule has 1 heterocycles. The first kappa shape index (κ1) is 21.0. The smallest absolute Gasteiger partial charge is 0.312 e. The lowest BCUT2D eigenvalue weighted by Crippen LogP contribution is -2.41. The Balaban J connectivity index is 1.60. The molecule has 2 amide bonds. The molecule has 8 nitrogen and oxygen atoms in total. The van der Waals surface area contributed by atoms with Crippen LogP contribution in [0.2, 0.25) is 0 Å². The Labute approximate surface area is 170 Å². The summed E-state index contributed by atoms with van der Waals surface area (Å²) in [5, 5.41) is 2.92. The molecule has 0 radical (unpaired) electrons. The number of methoxy groups -OCH3 is 2. The minimum absolute atomic E-state index is 0.0327. The number of nitrogens with one attached hydrogen (secondary N) is 1. The van der Waals surface area contributed by atoms with E-state index in [1.807, 2.05) is 0 Å².